The van der Waals surface area contributed by atoms with Crippen LogP contribution in [0.3, 0.4) is 0 Å². The Hall–Kier alpha value is -2.48. The Bertz CT molecular complexity index is 758. The van der Waals surface area contributed by atoms with Crippen LogP contribution in [0.15, 0.2) is 78.0 Å². The lowest BCUT2D eigenvalue weighted by Crippen LogP contribution is -2.37. The van der Waals surface area contributed by atoms with Crippen LogP contribution in [0.1, 0.15) is 37.9 Å². The van der Waals surface area contributed by atoms with Gasteiger partial charge in [-0.05, 0) is 67.7 Å². The molecule has 0 fully saturated rings. The summed E-state index contributed by atoms with van der Waals surface area (Å²) >= 11 is 0. The van der Waals surface area contributed by atoms with Crippen molar-refractivity contribution in [2.24, 2.45) is 0 Å². The Labute approximate surface area is 151 Å². The number of ether oxygens (including phenoxy) is 1. The van der Waals surface area contributed by atoms with Gasteiger partial charge in [-0.25, -0.2) is 0 Å². The molecule has 2 atom stereocenters. The number of hydrogen-bond donors (Lipinski definition) is 0. The molecule has 2 aromatic carbocycles. The van der Waals surface area contributed by atoms with Gasteiger partial charge in [-0.2, -0.15) is 0 Å². The Morgan fingerprint density at radius 1 is 1.00 bits per heavy atom. The number of methoxy groups -OCH3 is 1. The molecule has 130 valence electrons. The summed E-state index contributed by atoms with van der Waals surface area (Å²) < 4.78 is 5.28. The van der Waals surface area contributed by atoms with Crippen molar-refractivity contribution in [3.8, 4) is 5.75 Å². The Balaban J connectivity index is 1.87. The van der Waals surface area contributed by atoms with Crippen LogP contribution < -0.4 is 4.74 Å². The highest BCUT2D eigenvalue weighted by Crippen LogP contribution is 2.32. The van der Waals surface area contributed by atoms with E-state index in [1.165, 1.54) is 22.3 Å². The molecule has 0 spiro atoms. The summed E-state index contributed by atoms with van der Waals surface area (Å²) in [6.45, 7) is 6.75. The van der Waals surface area contributed by atoms with Gasteiger partial charge in [0.1, 0.15) is 5.75 Å². The molecule has 1 heterocycles. The highest BCUT2D eigenvalue weighted by atomic mass is 16.5. The Morgan fingerprint density at radius 3 is 2.32 bits per heavy atom. The molecule has 0 aliphatic carbocycles. The molecular weight excluding hydrogens is 306 g/mol. The molecule has 0 bridgehead atoms. The minimum absolute atomic E-state index is 0.337. The maximum Gasteiger partial charge on any atom is 0.118 e. The lowest BCUT2D eigenvalue weighted by molar-refractivity contribution is 0.236. The van der Waals surface area contributed by atoms with Crippen LogP contribution in [0.25, 0.3) is 0 Å². The van der Waals surface area contributed by atoms with Crippen LogP contribution in [-0.4, -0.2) is 18.1 Å². The van der Waals surface area contributed by atoms with E-state index in [1.807, 2.05) is 12.1 Å². The summed E-state index contributed by atoms with van der Waals surface area (Å²) in [6, 6.07) is 19.9. The van der Waals surface area contributed by atoms with E-state index in [2.05, 4.69) is 80.4 Å². The van der Waals surface area contributed by atoms with E-state index in [4.69, 9.17) is 4.74 Å². The van der Waals surface area contributed by atoms with Gasteiger partial charge >= 0.3 is 0 Å². The summed E-state index contributed by atoms with van der Waals surface area (Å²) in [7, 11) is 1.71. The maximum atomic E-state index is 5.28. The molecule has 0 saturated heterocycles. The van der Waals surface area contributed by atoms with E-state index in [-0.39, 0.29) is 0 Å². The van der Waals surface area contributed by atoms with Crippen LogP contribution in [0, 0.1) is 0 Å². The van der Waals surface area contributed by atoms with Crippen molar-refractivity contribution < 1.29 is 4.74 Å². The molecule has 2 aromatic rings. The Morgan fingerprint density at radius 2 is 1.68 bits per heavy atom. The maximum absolute atomic E-state index is 5.28. The van der Waals surface area contributed by atoms with E-state index in [0.717, 1.165) is 12.2 Å². The molecular formula is C23H27NO. The van der Waals surface area contributed by atoms with E-state index in [1.54, 1.807) is 7.11 Å². The first kappa shape index (κ1) is 17.3. The predicted octanol–water partition coefficient (Wildman–Crippen LogP) is 5.53. The standard InChI is InChI=1S/C23H27NO/c1-17-14-15-24(19(3)21-8-6-5-7-9-21)23(18(17)2)16-20-10-12-22(25-4)13-11-20/h5-15,19,23H,16H2,1-4H3/t19-,23+/m1/s1. The van der Waals surface area contributed by atoms with Crippen LogP contribution in [0.2, 0.25) is 0 Å². The SMILES string of the molecule is COc1ccc(C[C@H]2C(C)=C(C)C=CN2[C@H](C)c2ccccc2)cc1. The molecule has 2 nitrogen and oxygen atoms in total. The quantitative estimate of drug-likeness (QED) is 0.713. The fourth-order valence-electron chi connectivity index (χ4n) is 3.47. The average Bonchev–Trinajstić information content (AvgIpc) is 2.66. The average molecular weight is 333 g/mol. The van der Waals surface area contributed by atoms with Crippen molar-refractivity contribution in [1.82, 2.24) is 4.90 Å². The van der Waals surface area contributed by atoms with Crippen LogP contribution in [0.4, 0.5) is 0 Å². The van der Waals surface area contributed by atoms with Gasteiger partial charge in [0.2, 0.25) is 0 Å². The third-order valence-electron chi connectivity index (χ3n) is 5.30. The van der Waals surface area contributed by atoms with Crippen molar-refractivity contribution in [2.45, 2.75) is 39.3 Å². The zero-order chi connectivity index (χ0) is 17.8. The van der Waals surface area contributed by atoms with Gasteiger partial charge in [0.15, 0.2) is 0 Å². The first-order valence-electron chi connectivity index (χ1n) is 8.91. The summed E-state index contributed by atoms with van der Waals surface area (Å²) in [4.78, 5) is 2.49. The zero-order valence-corrected chi connectivity index (χ0v) is 15.6. The fourth-order valence-corrected chi connectivity index (χ4v) is 3.47. The number of allylic oxidation sites excluding steroid dienone is 2. The molecule has 0 amide bonds. The monoisotopic (exact) mass is 333 g/mol. The minimum atomic E-state index is 0.337. The van der Waals surface area contributed by atoms with Gasteiger partial charge in [0.05, 0.1) is 19.2 Å². The van der Waals surface area contributed by atoms with Gasteiger partial charge in [-0.1, -0.05) is 42.5 Å². The van der Waals surface area contributed by atoms with Crippen molar-refractivity contribution in [1.29, 1.82) is 0 Å². The Kier molecular flexibility index (Phi) is 5.28. The summed E-state index contributed by atoms with van der Waals surface area (Å²) in [5.41, 5.74) is 5.49. The van der Waals surface area contributed by atoms with Gasteiger partial charge in [0.25, 0.3) is 0 Å². The molecule has 3 rings (SSSR count). The molecule has 2 heteroatoms. The molecule has 0 radical (unpaired) electrons. The first-order valence-corrected chi connectivity index (χ1v) is 8.91. The summed E-state index contributed by atoms with van der Waals surface area (Å²) in [6.07, 6.45) is 5.49. The lowest BCUT2D eigenvalue weighted by atomic mass is 9.90. The van der Waals surface area contributed by atoms with Crippen LogP contribution >= 0.6 is 0 Å². The van der Waals surface area contributed by atoms with Crippen LogP contribution in [0.5, 0.6) is 5.75 Å². The minimum Gasteiger partial charge on any atom is -0.497 e. The largest absolute Gasteiger partial charge is 0.497 e. The molecule has 1 aliphatic heterocycles. The predicted molar refractivity (Wildman–Crippen MR) is 105 cm³/mol. The molecule has 0 unspecified atom stereocenters. The first-order chi connectivity index (χ1) is 12.1. The van der Waals surface area contributed by atoms with Gasteiger partial charge in [-0.15, -0.1) is 0 Å². The molecule has 1 aliphatic rings. The normalized spacial score (nSPS) is 18.4. The highest BCUT2D eigenvalue weighted by Gasteiger charge is 2.26. The van der Waals surface area contributed by atoms with Crippen molar-refractivity contribution in [3.63, 3.8) is 0 Å². The number of hydrogen-bond acceptors (Lipinski definition) is 2. The topological polar surface area (TPSA) is 12.5 Å². The van der Waals surface area contributed by atoms with Crippen LogP contribution in [-0.2, 0) is 6.42 Å². The second kappa shape index (κ2) is 7.60. The molecule has 25 heavy (non-hydrogen) atoms. The second-order valence-electron chi connectivity index (χ2n) is 6.78. The number of benzene rings is 2. The van der Waals surface area contributed by atoms with E-state index < -0.39 is 0 Å². The highest BCUT2D eigenvalue weighted by molar-refractivity contribution is 5.35. The van der Waals surface area contributed by atoms with Gasteiger partial charge in [-0.3, -0.25) is 0 Å². The van der Waals surface area contributed by atoms with E-state index >= 15 is 0 Å². The van der Waals surface area contributed by atoms with Gasteiger partial charge < -0.3 is 9.64 Å². The molecule has 0 N–H and O–H groups in total. The zero-order valence-electron chi connectivity index (χ0n) is 15.6. The third-order valence-corrected chi connectivity index (χ3v) is 5.30. The number of nitrogens with zero attached hydrogens (tertiary/aromatic N) is 1. The molecule has 0 saturated carbocycles. The van der Waals surface area contributed by atoms with Crippen molar-refractivity contribution in [2.75, 3.05) is 7.11 Å². The van der Waals surface area contributed by atoms with E-state index in [9.17, 15) is 0 Å². The fraction of sp³-hybridized carbons (Fsp3) is 0.304. The van der Waals surface area contributed by atoms with E-state index in [0.29, 0.717) is 12.1 Å². The lowest BCUT2D eigenvalue weighted by Gasteiger charge is -2.40. The molecule has 0 aromatic heterocycles. The summed E-state index contributed by atoms with van der Waals surface area (Å²) in [5.74, 6) is 0.908. The van der Waals surface area contributed by atoms with Crippen molar-refractivity contribution in [3.05, 3.63) is 89.1 Å². The van der Waals surface area contributed by atoms with Crippen molar-refractivity contribution >= 4 is 0 Å². The number of rotatable bonds is 5. The smallest absolute Gasteiger partial charge is 0.118 e. The van der Waals surface area contributed by atoms with Gasteiger partial charge in [0, 0.05) is 6.20 Å². The summed E-state index contributed by atoms with van der Waals surface area (Å²) in [5, 5.41) is 0. The second-order valence-corrected chi connectivity index (χ2v) is 6.78. The third kappa shape index (κ3) is 3.79.